The Balaban J connectivity index is 0.000000119. The van der Waals surface area contributed by atoms with Crippen LogP contribution in [0.5, 0.6) is 5.75 Å². The molecule has 0 atom stereocenters. The highest BCUT2D eigenvalue weighted by molar-refractivity contribution is 9.10. The van der Waals surface area contributed by atoms with E-state index in [1.807, 2.05) is 24.3 Å². The summed E-state index contributed by atoms with van der Waals surface area (Å²) in [6.07, 6.45) is 0. The summed E-state index contributed by atoms with van der Waals surface area (Å²) in [5, 5.41) is 29.8. The second kappa shape index (κ2) is 25.2. The van der Waals surface area contributed by atoms with Gasteiger partial charge in [-0.25, -0.2) is 0 Å². The van der Waals surface area contributed by atoms with Crippen molar-refractivity contribution in [2.75, 3.05) is 0 Å². The highest BCUT2D eigenvalue weighted by Gasteiger charge is 2.40. The lowest BCUT2D eigenvalue weighted by Crippen LogP contribution is -2.15. The number of fused-ring (bicyclic) bond motifs is 20. The molecule has 0 amide bonds. The molecule has 0 spiro atoms. The highest BCUT2D eigenvalue weighted by Crippen LogP contribution is 2.58. The summed E-state index contributed by atoms with van der Waals surface area (Å²) in [6, 6.07) is 123. The molecule has 4 heteroatoms. The number of halogens is 1. The van der Waals surface area contributed by atoms with Crippen molar-refractivity contribution in [3.05, 3.63) is 366 Å². The van der Waals surface area contributed by atoms with Crippen LogP contribution in [0.25, 0.3) is 164 Å². The minimum absolute atomic E-state index is 0.00893. The van der Waals surface area contributed by atoms with Crippen molar-refractivity contribution >= 4 is 110 Å². The molecule has 20 rings (SSSR count). The molecule has 0 aliphatic heterocycles. The largest absolute Gasteiger partial charge is 0.569 e. The summed E-state index contributed by atoms with van der Waals surface area (Å²) in [7, 11) is 0.716. The van der Waals surface area contributed by atoms with E-state index in [1.54, 1.807) is 0 Å². The fourth-order valence-corrected chi connectivity index (χ4v) is 17.9. The molecule has 1 radical (unpaired) electrons. The van der Waals surface area contributed by atoms with Crippen molar-refractivity contribution in [2.45, 2.75) is 38.5 Å². The molecule has 18 aromatic carbocycles. The lowest BCUT2D eigenvalue weighted by molar-refractivity contribution is 0.454. The zero-order valence-electron chi connectivity index (χ0n) is 57.1. The molecule has 0 unspecified atom stereocenters. The van der Waals surface area contributed by atoms with Gasteiger partial charge in [0.1, 0.15) is 5.75 Å². The van der Waals surface area contributed by atoms with Gasteiger partial charge in [-0.1, -0.05) is 347 Å². The van der Waals surface area contributed by atoms with Crippen LogP contribution < -0.4 is 4.65 Å². The summed E-state index contributed by atoms with van der Waals surface area (Å²) >= 11 is 3.67. The van der Waals surface area contributed by atoms with Crippen LogP contribution in [0, 0.1) is 0 Å². The molecule has 102 heavy (non-hydrogen) atoms. The Hall–Kier alpha value is -11.7. The van der Waals surface area contributed by atoms with E-state index in [9.17, 15) is 0 Å². The molecule has 0 saturated heterocycles. The van der Waals surface area contributed by atoms with E-state index in [1.165, 1.54) is 181 Å². The summed E-state index contributed by atoms with van der Waals surface area (Å²) in [6.45, 7) is 9.50. The zero-order chi connectivity index (χ0) is 68.8. The van der Waals surface area contributed by atoms with E-state index in [2.05, 4.69) is 359 Å². The Morgan fingerprint density at radius 1 is 0.245 bits per heavy atom. The zero-order valence-corrected chi connectivity index (χ0v) is 58.7. The van der Waals surface area contributed by atoms with Gasteiger partial charge in [0, 0.05) is 15.3 Å². The Morgan fingerprint density at radius 3 is 0.931 bits per heavy atom. The van der Waals surface area contributed by atoms with Crippen molar-refractivity contribution in [3.63, 3.8) is 0 Å². The maximum atomic E-state index is 9.04. The Labute approximate surface area is 603 Å². The number of hydrogen-bond acceptors (Lipinski definition) is 2. The first kappa shape index (κ1) is 62.6. The molecule has 0 heterocycles. The molecule has 483 valence electrons. The molecule has 2 aliphatic carbocycles. The minimum atomic E-state index is -0.104. The maximum absolute atomic E-state index is 9.04. The van der Waals surface area contributed by atoms with Gasteiger partial charge in [-0.2, -0.15) is 0 Å². The van der Waals surface area contributed by atoms with Crippen molar-refractivity contribution < 1.29 is 9.68 Å². The standard InChI is InChI=1S/C49H34.C26H18BO2.C23H17Br/c1-49(2)44-28-27-33(30-43(44)47-37-21-8-6-19-35(37)36-20-7-13-26-42(36)48(47)49)32-17-14-18-34(29-32)46-40-24-11-9-22-38(40)45(31-15-4-3-5-16-31)39-23-10-12-25-41(39)46;28-27-29-20-12-8-11-19(17-20)26-23-15-6-4-13-21(23)25(18-9-2-1-3-10-18)22-14-5-7-16-24(22)26;1-23(2)20-12-11-14(24)13-19(20)21-17-9-5-3-7-15(17)16-8-4-6-10-18(16)22(21)23/h3-30H,1-2H3;1-17,28H;3-13H,1-2H3. The molecule has 1 N–H and O–H groups in total. The van der Waals surface area contributed by atoms with E-state index < -0.39 is 0 Å². The first-order valence-corrected chi connectivity index (χ1v) is 36.0. The number of benzene rings is 18. The minimum Gasteiger partial charge on any atom is -0.537 e. The summed E-state index contributed by atoms with van der Waals surface area (Å²) in [5.41, 5.74) is 23.4. The van der Waals surface area contributed by atoms with Crippen LogP contribution in [-0.2, 0) is 10.8 Å². The van der Waals surface area contributed by atoms with E-state index in [4.69, 9.17) is 9.68 Å². The SMILES string of the molecule is CC1(C)c2ccc(-c3cccc(-c4c5ccccc5c(-c5ccccc5)c5ccccc45)c3)cc2-c2c1c1ccccc1c1ccccc21.CC1(C)c2ccc(Br)cc2-c2c1c1ccccc1c1ccccc21.O[B]Oc1cccc(-c2c3ccccc3c(-c3ccccc3)c3ccccc23)c1. The van der Waals surface area contributed by atoms with Gasteiger partial charge in [-0.15, -0.1) is 0 Å². The average molecular weight is 1370 g/mol. The predicted octanol–water partition coefficient (Wildman–Crippen LogP) is 26.9. The van der Waals surface area contributed by atoms with E-state index in [0.29, 0.717) is 13.4 Å². The third-order valence-corrected chi connectivity index (χ3v) is 22.3. The van der Waals surface area contributed by atoms with Crippen molar-refractivity contribution in [2.24, 2.45) is 0 Å². The summed E-state index contributed by atoms with van der Waals surface area (Å²) < 4.78 is 6.36. The maximum Gasteiger partial charge on any atom is 0.569 e. The lowest BCUT2D eigenvalue weighted by Gasteiger charge is -2.24. The first-order chi connectivity index (χ1) is 50.0. The Kier molecular flexibility index (Phi) is 15.5. The van der Waals surface area contributed by atoms with Gasteiger partial charge in [0.15, 0.2) is 0 Å². The molecule has 0 fully saturated rings. The second-order valence-electron chi connectivity index (χ2n) is 28.1. The third kappa shape index (κ3) is 10.2. The monoisotopic (exact) mass is 1370 g/mol. The summed E-state index contributed by atoms with van der Waals surface area (Å²) in [5.74, 6) is 0.602. The van der Waals surface area contributed by atoms with Gasteiger partial charge in [0.2, 0.25) is 0 Å². The lowest BCUT2D eigenvalue weighted by atomic mass is 9.79. The third-order valence-electron chi connectivity index (χ3n) is 21.8. The van der Waals surface area contributed by atoms with Gasteiger partial charge >= 0.3 is 7.69 Å². The number of rotatable bonds is 7. The van der Waals surface area contributed by atoms with Crippen LogP contribution in [0.3, 0.4) is 0 Å². The van der Waals surface area contributed by atoms with Gasteiger partial charge in [-0.05, 0) is 223 Å². The average Bonchev–Trinajstić information content (AvgIpc) is 1.52. The van der Waals surface area contributed by atoms with Crippen LogP contribution in [0.2, 0.25) is 0 Å². The van der Waals surface area contributed by atoms with Gasteiger partial charge in [0.25, 0.3) is 0 Å². The van der Waals surface area contributed by atoms with Gasteiger partial charge in [-0.3, -0.25) is 0 Å². The van der Waals surface area contributed by atoms with Crippen LogP contribution in [0.1, 0.15) is 49.9 Å². The normalized spacial score (nSPS) is 13.0. The smallest absolute Gasteiger partial charge is 0.537 e. The van der Waals surface area contributed by atoms with Crippen molar-refractivity contribution in [3.8, 4) is 83.6 Å². The van der Waals surface area contributed by atoms with Crippen LogP contribution in [0.4, 0.5) is 0 Å². The molecule has 18 aromatic rings. The highest BCUT2D eigenvalue weighted by atomic mass is 79.9. The quantitative estimate of drug-likeness (QED) is 0.0979. The van der Waals surface area contributed by atoms with E-state index >= 15 is 0 Å². The second-order valence-corrected chi connectivity index (χ2v) is 29.0. The topological polar surface area (TPSA) is 29.5 Å². The predicted molar refractivity (Wildman–Crippen MR) is 438 cm³/mol. The fourth-order valence-electron chi connectivity index (χ4n) is 17.5. The molecule has 0 aromatic heterocycles. The van der Waals surface area contributed by atoms with Crippen LogP contribution in [0.15, 0.2) is 344 Å². The number of hydrogen-bond donors (Lipinski definition) is 1. The van der Waals surface area contributed by atoms with Crippen molar-refractivity contribution in [1.82, 2.24) is 0 Å². The fraction of sp³-hybridized carbons (Fsp3) is 0.0612. The van der Waals surface area contributed by atoms with Crippen molar-refractivity contribution in [1.29, 1.82) is 0 Å². The Bertz CT molecular complexity index is 6300. The van der Waals surface area contributed by atoms with Gasteiger partial charge < -0.3 is 9.68 Å². The van der Waals surface area contributed by atoms with Gasteiger partial charge in [0.05, 0.1) is 0 Å². The van der Waals surface area contributed by atoms with E-state index in [0.717, 1.165) is 10.0 Å². The van der Waals surface area contributed by atoms with E-state index in [-0.39, 0.29) is 10.8 Å². The molecular weight excluding hydrogens is 1300 g/mol. The molecule has 2 aliphatic rings. The Morgan fingerprint density at radius 2 is 0.529 bits per heavy atom. The molecule has 0 bridgehead atoms. The van der Waals surface area contributed by atoms with Crippen LogP contribution in [-0.4, -0.2) is 12.7 Å². The molecule has 2 nitrogen and oxygen atoms in total. The molecular formula is C98H69BBrO2. The molecule has 0 saturated carbocycles. The van der Waals surface area contributed by atoms with Crippen LogP contribution >= 0.6 is 15.9 Å². The summed E-state index contributed by atoms with van der Waals surface area (Å²) in [4.78, 5) is 0. The first-order valence-electron chi connectivity index (χ1n) is 35.2.